The Morgan fingerprint density at radius 2 is 2.00 bits per heavy atom. The molecule has 0 saturated heterocycles. The molecule has 0 fully saturated rings. The van der Waals surface area contributed by atoms with Gasteiger partial charge in [-0.1, -0.05) is 23.7 Å². The van der Waals surface area contributed by atoms with Crippen molar-refractivity contribution in [2.45, 2.75) is 24.5 Å². The zero-order valence-electron chi connectivity index (χ0n) is 8.81. The van der Waals surface area contributed by atoms with Crippen molar-refractivity contribution in [2.24, 2.45) is 0 Å². The number of aliphatic hydroxyl groups excluding tert-OH is 2. The summed E-state index contributed by atoms with van der Waals surface area (Å²) in [6, 6.07) is 4.62. The molecule has 1 aromatic rings. The van der Waals surface area contributed by atoms with Crippen molar-refractivity contribution >= 4 is 29.2 Å². The lowest BCUT2D eigenvalue weighted by Gasteiger charge is -2.17. The van der Waals surface area contributed by atoms with Gasteiger partial charge in [0.05, 0.1) is 12.5 Å². The minimum atomic E-state index is -1.36. The summed E-state index contributed by atoms with van der Waals surface area (Å²) in [5.41, 5.74) is 1.01. The van der Waals surface area contributed by atoms with Gasteiger partial charge in [-0.15, -0.1) is 11.6 Å². The van der Waals surface area contributed by atoms with E-state index in [0.717, 1.165) is 0 Å². The summed E-state index contributed by atoms with van der Waals surface area (Å²) in [5.74, 6) is -1.00. The molecule has 0 aliphatic heterocycles. The van der Waals surface area contributed by atoms with E-state index >= 15 is 0 Å². The number of hydrogen-bond acceptors (Lipinski definition) is 3. The van der Waals surface area contributed by atoms with Gasteiger partial charge in [-0.2, -0.15) is 0 Å². The molecule has 1 aromatic carbocycles. The SMILES string of the molecule is O=C(O)CC(O)C(O)c1ccc(Cl)c(CCl)c1. The predicted molar refractivity (Wildman–Crippen MR) is 64.2 cm³/mol. The van der Waals surface area contributed by atoms with E-state index in [4.69, 9.17) is 28.3 Å². The second-order valence-corrected chi connectivity index (χ2v) is 4.27. The number of hydrogen-bond donors (Lipinski definition) is 3. The molecule has 3 N–H and O–H groups in total. The quantitative estimate of drug-likeness (QED) is 0.720. The largest absolute Gasteiger partial charge is 0.481 e. The highest BCUT2D eigenvalue weighted by molar-refractivity contribution is 6.32. The van der Waals surface area contributed by atoms with E-state index < -0.39 is 24.6 Å². The summed E-state index contributed by atoms with van der Waals surface area (Å²) in [5, 5.41) is 28.2. The number of carbonyl (C=O) groups is 1. The third-order valence-electron chi connectivity index (χ3n) is 2.30. The normalized spacial score (nSPS) is 14.4. The lowest BCUT2D eigenvalue weighted by Crippen LogP contribution is -2.21. The van der Waals surface area contributed by atoms with Crippen molar-refractivity contribution < 1.29 is 20.1 Å². The van der Waals surface area contributed by atoms with E-state index in [9.17, 15) is 15.0 Å². The zero-order chi connectivity index (χ0) is 13.0. The van der Waals surface area contributed by atoms with Gasteiger partial charge in [0.1, 0.15) is 6.10 Å². The van der Waals surface area contributed by atoms with Crippen LogP contribution in [0.2, 0.25) is 5.02 Å². The van der Waals surface area contributed by atoms with Crippen LogP contribution in [0.25, 0.3) is 0 Å². The van der Waals surface area contributed by atoms with Gasteiger partial charge < -0.3 is 15.3 Å². The summed E-state index contributed by atoms with van der Waals surface area (Å²) < 4.78 is 0. The van der Waals surface area contributed by atoms with Gasteiger partial charge in [-0.3, -0.25) is 4.79 Å². The Labute approximate surface area is 108 Å². The molecule has 0 bridgehead atoms. The number of aliphatic hydroxyl groups is 2. The molecule has 6 heteroatoms. The second kappa shape index (κ2) is 6.21. The average molecular weight is 279 g/mol. The van der Waals surface area contributed by atoms with Gasteiger partial charge in [0, 0.05) is 10.9 Å². The van der Waals surface area contributed by atoms with E-state index in [0.29, 0.717) is 16.1 Å². The molecule has 1 rings (SSSR count). The average Bonchev–Trinajstić information content (AvgIpc) is 2.27. The number of benzene rings is 1. The monoisotopic (exact) mass is 278 g/mol. The van der Waals surface area contributed by atoms with Crippen molar-refractivity contribution in [1.82, 2.24) is 0 Å². The van der Waals surface area contributed by atoms with Crippen molar-refractivity contribution in [1.29, 1.82) is 0 Å². The number of aliphatic carboxylic acids is 1. The lowest BCUT2D eigenvalue weighted by molar-refractivity contribution is -0.141. The number of carboxylic acids is 1. The van der Waals surface area contributed by atoms with E-state index in [1.165, 1.54) is 6.07 Å². The highest BCUT2D eigenvalue weighted by Crippen LogP contribution is 2.25. The van der Waals surface area contributed by atoms with E-state index in [2.05, 4.69) is 0 Å². The van der Waals surface area contributed by atoms with Gasteiger partial charge in [0.25, 0.3) is 0 Å². The van der Waals surface area contributed by atoms with Crippen LogP contribution in [-0.2, 0) is 10.7 Å². The van der Waals surface area contributed by atoms with Crippen LogP contribution in [0.3, 0.4) is 0 Å². The fraction of sp³-hybridized carbons (Fsp3) is 0.364. The standard InChI is InChI=1S/C11H12Cl2O4/c12-5-7-3-6(1-2-8(7)13)11(17)9(14)4-10(15)16/h1-3,9,11,14,17H,4-5H2,(H,15,16). The smallest absolute Gasteiger partial charge is 0.306 e. The Kier molecular flexibility index (Phi) is 5.21. The van der Waals surface area contributed by atoms with Crippen LogP contribution in [0, 0.1) is 0 Å². The maximum atomic E-state index is 10.4. The van der Waals surface area contributed by atoms with E-state index in [1.54, 1.807) is 12.1 Å². The summed E-state index contributed by atoms with van der Waals surface area (Å²) in [6.07, 6.45) is -3.16. The Balaban J connectivity index is 2.88. The summed E-state index contributed by atoms with van der Waals surface area (Å²) >= 11 is 11.5. The van der Waals surface area contributed by atoms with Crippen molar-refractivity contribution in [3.63, 3.8) is 0 Å². The van der Waals surface area contributed by atoms with Crippen molar-refractivity contribution in [3.8, 4) is 0 Å². The van der Waals surface area contributed by atoms with Crippen LogP contribution in [0.1, 0.15) is 23.7 Å². The van der Waals surface area contributed by atoms with E-state index in [-0.39, 0.29) is 5.88 Å². The fourth-order valence-electron chi connectivity index (χ4n) is 1.39. The molecule has 0 spiro atoms. The molecule has 0 aliphatic carbocycles. The third-order valence-corrected chi connectivity index (χ3v) is 2.96. The van der Waals surface area contributed by atoms with Gasteiger partial charge in [-0.25, -0.2) is 0 Å². The highest BCUT2D eigenvalue weighted by Gasteiger charge is 2.21. The molecule has 2 unspecified atom stereocenters. The Bertz CT molecular complexity index is 408. The van der Waals surface area contributed by atoms with Gasteiger partial charge >= 0.3 is 5.97 Å². The molecule has 0 radical (unpaired) electrons. The Morgan fingerprint density at radius 3 is 2.53 bits per heavy atom. The first-order valence-corrected chi connectivity index (χ1v) is 5.79. The highest BCUT2D eigenvalue weighted by atomic mass is 35.5. The number of rotatable bonds is 5. The first kappa shape index (κ1) is 14.3. The topological polar surface area (TPSA) is 77.8 Å². The Morgan fingerprint density at radius 1 is 1.35 bits per heavy atom. The van der Waals surface area contributed by atoms with E-state index in [1.807, 2.05) is 0 Å². The van der Waals surface area contributed by atoms with Gasteiger partial charge in [-0.05, 0) is 17.2 Å². The minimum absolute atomic E-state index is 0.175. The molecule has 4 nitrogen and oxygen atoms in total. The maximum absolute atomic E-state index is 10.4. The molecular weight excluding hydrogens is 267 g/mol. The molecule has 0 heterocycles. The maximum Gasteiger partial charge on any atom is 0.306 e. The van der Waals surface area contributed by atoms with Crippen LogP contribution < -0.4 is 0 Å². The molecule has 0 amide bonds. The first-order valence-electron chi connectivity index (χ1n) is 4.88. The number of halogens is 2. The molecule has 0 aromatic heterocycles. The lowest BCUT2D eigenvalue weighted by atomic mass is 10.0. The number of alkyl halides is 1. The molecular formula is C11H12Cl2O4. The Hall–Kier alpha value is -0.810. The molecule has 94 valence electrons. The third kappa shape index (κ3) is 3.85. The first-order chi connectivity index (χ1) is 7.95. The zero-order valence-corrected chi connectivity index (χ0v) is 10.3. The second-order valence-electron chi connectivity index (χ2n) is 3.59. The molecule has 17 heavy (non-hydrogen) atoms. The summed E-state index contributed by atoms with van der Waals surface area (Å²) in [4.78, 5) is 10.4. The molecule has 2 atom stereocenters. The van der Waals surface area contributed by atoms with Crippen LogP contribution in [0.15, 0.2) is 18.2 Å². The summed E-state index contributed by atoms with van der Waals surface area (Å²) in [6.45, 7) is 0. The predicted octanol–water partition coefficient (Wildman–Crippen LogP) is 1.95. The van der Waals surface area contributed by atoms with Gasteiger partial charge in [0.2, 0.25) is 0 Å². The minimum Gasteiger partial charge on any atom is -0.481 e. The van der Waals surface area contributed by atoms with Crippen molar-refractivity contribution in [2.75, 3.05) is 0 Å². The molecule has 0 aliphatic rings. The van der Waals surface area contributed by atoms with Crippen LogP contribution in [0.4, 0.5) is 0 Å². The van der Waals surface area contributed by atoms with Gasteiger partial charge in [0.15, 0.2) is 0 Å². The summed E-state index contributed by atoms with van der Waals surface area (Å²) in [7, 11) is 0. The van der Waals surface area contributed by atoms with Crippen LogP contribution in [0.5, 0.6) is 0 Å². The van der Waals surface area contributed by atoms with Crippen LogP contribution in [-0.4, -0.2) is 27.4 Å². The van der Waals surface area contributed by atoms with Crippen LogP contribution >= 0.6 is 23.2 Å². The van der Waals surface area contributed by atoms with Crippen molar-refractivity contribution in [3.05, 3.63) is 34.3 Å². The molecule has 0 saturated carbocycles. The fourth-order valence-corrected chi connectivity index (χ4v) is 1.87. The number of carboxylic acid groups (broad SMARTS) is 1.